The van der Waals surface area contributed by atoms with E-state index in [0.717, 1.165) is 16.1 Å². The van der Waals surface area contributed by atoms with Crippen molar-refractivity contribution in [2.24, 2.45) is 0 Å². The molecule has 1 aromatic rings. The number of imide groups is 2. The normalized spacial score (nSPS) is 15.7. The molecule has 0 spiro atoms. The molecule has 0 saturated carbocycles. The van der Waals surface area contributed by atoms with Gasteiger partial charge in [-0.15, -0.1) is 0 Å². The van der Waals surface area contributed by atoms with Crippen LogP contribution in [0.5, 0.6) is 0 Å². The van der Waals surface area contributed by atoms with Crippen molar-refractivity contribution in [3.8, 4) is 0 Å². The SMILES string of the molecule is CC(=O)N1CCN(C(=O)NC(C(=O)O)c2ccc(S(C)(=O)=O)cc2)C1=O. The smallest absolute Gasteiger partial charge is 0.334 e. The fourth-order valence-electron chi connectivity index (χ4n) is 2.41. The van der Waals surface area contributed by atoms with Crippen molar-refractivity contribution in [3.05, 3.63) is 29.8 Å². The van der Waals surface area contributed by atoms with Crippen LogP contribution in [0.4, 0.5) is 9.59 Å². The second-order valence-electron chi connectivity index (χ2n) is 5.67. The summed E-state index contributed by atoms with van der Waals surface area (Å²) in [6.45, 7) is 1.16. The van der Waals surface area contributed by atoms with E-state index in [1.807, 2.05) is 0 Å². The van der Waals surface area contributed by atoms with Gasteiger partial charge in [-0.2, -0.15) is 0 Å². The Balaban J connectivity index is 2.19. The third-order valence-electron chi connectivity index (χ3n) is 3.79. The summed E-state index contributed by atoms with van der Waals surface area (Å²) < 4.78 is 22.9. The van der Waals surface area contributed by atoms with Crippen LogP contribution >= 0.6 is 0 Å². The van der Waals surface area contributed by atoms with Gasteiger partial charge in [-0.05, 0) is 17.7 Å². The van der Waals surface area contributed by atoms with E-state index in [2.05, 4.69) is 5.32 Å². The Hall–Kier alpha value is -2.95. The first-order valence-electron chi connectivity index (χ1n) is 7.45. The molecule has 1 unspecified atom stereocenters. The van der Waals surface area contributed by atoms with Crippen LogP contribution < -0.4 is 5.32 Å². The monoisotopic (exact) mass is 383 g/mol. The number of benzene rings is 1. The summed E-state index contributed by atoms with van der Waals surface area (Å²) in [7, 11) is -3.45. The third kappa shape index (κ3) is 3.99. The molecule has 0 radical (unpaired) electrons. The maximum atomic E-state index is 12.2. The molecule has 11 heteroatoms. The third-order valence-corrected chi connectivity index (χ3v) is 4.92. The Labute approximate surface area is 149 Å². The number of rotatable bonds is 4. The van der Waals surface area contributed by atoms with Gasteiger partial charge in [0.1, 0.15) is 0 Å². The Morgan fingerprint density at radius 2 is 1.65 bits per heavy atom. The summed E-state index contributed by atoms with van der Waals surface area (Å²) >= 11 is 0. The van der Waals surface area contributed by atoms with Gasteiger partial charge in [0.05, 0.1) is 11.4 Å². The number of carbonyl (C=O) groups excluding carboxylic acids is 3. The van der Waals surface area contributed by atoms with Gasteiger partial charge in [-0.25, -0.2) is 27.7 Å². The average molecular weight is 383 g/mol. The zero-order chi connectivity index (χ0) is 19.6. The van der Waals surface area contributed by atoms with Crippen molar-refractivity contribution in [1.82, 2.24) is 15.1 Å². The first-order valence-corrected chi connectivity index (χ1v) is 9.34. The molecule has 1 aromatic carbocycles. The molecule has 2 N–H and O–H groups in total. The highest BCUT2D eigenvalue weighted by molar-refractivity contribution is 7.90. The number of hydrogen-bond acceptors (Lipinski definition) is 6. The summed E-state index contributed by atoms with van der Waals surface area (Å²) in [5.74, 6) is -1.91. The molecule has 0 bridgehead atoms. The number of amides is 5. The van der Waals surface area contributed by atoms with Gasteiger partial charge in [0.25, 0.3) is 0 Å². The van der Waals surface area contributed by atoms with Crippen molar-refractivity contribution in [2.75, 3.05) is 19.3 Å². The van der Waals surface area contributed by atoms with E-state index in [1.54, 1.807) is 0 Å². The van der Waals surface area contributed by atoms with Crippen molar-refractivity contribution < 1.29 is 32.7 Å². The maximum absolute atomic E-state index is 12.2. The van der Waals surface area contributed by atoms with E-state index in [9.17, 15) is 32.7 Å². The van der Waals surface area contributed by atoms with E-state index in [-0.39, 0.29) is 23.5 Å². The molecule has 140 valence electrons. The topological polar surface area (TPSA) is 141 Å². The fraction of sp³-hybridized carbons (Fsp3) is 0.333. The van der Waals surface area contributed by atoms with Gasteiger partial charge in [0, 0.05) is 19.7 Å². The van der Waals surface area contributed by atoms with Crippen LogP contribution in [-0.2, 0) is 19.4 Å². The van der Waals surface area contributed by atoms with Crippen molar-refractivity contribution in [2.45, 2.75) is 17.9 Å². The number of nitrogens with zero attached hydrogens (tertiary/aromatic N) is 2. The minimum Gasteiger partial charge on any atom is -0.479 e. The van der Waals surface area contributed by atoms with Gasteiger partial charge in [0.2, 0.25) is 5.91 Å². The van der Waals surface area contributed by atoms with E-state index in [1.165, 1.54) is 31.2 Å². The van der Waals surface area contributed by atoms with Gasteiger partial charge < -0.3 is 10.4 Å². The summed E-state index contributed by atoms with van der Waals surface area (Å²) in [6.07, 6.45) is 1.01. The molecule has 0 aromatic heterocycles. The van der Waals surface area contributed by atoms with Crippen LogP contribution in [0.1, 0.15) is 18.5 Å². The molecule has 2 rings (SSSR count). The standard InChI is InChI=1S/C15H17N3O7S/c1-9(19)17-7-8-18(15(17)23)14(22)16-12(13(20)21)10-3-5-11(6-4-10)26(2,24)25/h3-6,12H,7-8H2,1-2H3,(H,16,22)(H,20,21). The molecule has 1 heterocycles. The minimum atomic E-state index is -3.45. The zero-order valence-electron chi connectivity index (χ0n) is 14.0. The molecule has 1 atom stereocenters. The van der Waals surface area contributed by atoms with Crippen LogP contribution in [0.15, 0.2) is 29.2 Å². The Bertz CT molecular complexity index is 864. The molecule has 1 aliphatic heterocycles. The maximum Gasteiger partial charge on any atom is 0.334 e. The summed E-state index contributed by atoms with van der Waals surface area (Å²) in [5, 5.41) is 11.6. The van der Waals surface area contributed by atoms with Gasteiger partial charge in [-0.1, -0.05) is 12.1 Å². The lowest BCUT2D eigenvalue weighted by Crippen LogP contribution is -2.46. The van der Waals surface area contributed by atoms with Crippen LogP contribution in [0.25, 0.3) is 0 Å². The average Bonchev–Trinajstić information content (AvgIpc) is 2.93. The van der Waals surface area contributed by atoms with Gasteiger partial charge in [-0.3, -0.25) is 9.69 Å². The number of carbonyl (C=O) groups is 4. The highest BCUT2D eigenvalue weighted by Gasteiger charge is 2.37. The molecule has 10 nitrogen and oxygen atoms in total. The van der Waals surface area contributed by atoms with E-state index >= 15 is 0 Å². The molecule has 1 saturated heterocycles. The number of nitrogens with one attached hydrogen (secondary N) is 1. The van der Waals surface area contributed by atoms with E-state index < -0.39 is 39.8 Å². The molecule has 1 aliphatic rings. The number of aliphatic carboxylic acids is 1. The Morgan fingerprint density at radius 3 is 2.08 bits per heavy atom. The number of carboxylic acid groups (broad SMARTS) is 1. The molecule has 1 fully saturated rings. The Kier molecular flexibility index (Phi) is 5.30. The lowest BCUT2D eigenvalue weighted by atomic mass is 10.1. The van der Waals surface area contributed by atoms with E-state index in [4.69, 9.17) is 0 Å². The highest BCUT2D eigenvalue weighted by Crippen LogP contribution is 2.18. The second kappa shape index (κ2) is 7.12. The first kappa shape index (κ1) is 19.4. The number of hydrogen-bond donors (Lipinski definition) is 2. The lowest BCUT2D eigenvalue weighted by molar-refractivity contribution is -0.139. The molecule has 26 heavy (non-hydrogen) atoms. The van der Waals surface area contributed by atoms with Gasteiger partial charge in [0.15, 0.2) is 15.9 Å². The van der Waals surface area contributed by atoms with E-state index in [0.29, 0.717) is 0 Å². The predicted molar refractivity (Wildman–Crippen MR) is 87.9 cm³/mol. The highest BCUT2D eigenvalue weighted by atomic mass is 32.2. The van der Waals surface area contributed by atoms with Crippen molar-refractivity contribution >= 4 is 33.8 Å². The largest absolute Gasteiger partial charge is 0.479 e. The van der Waals surface area contributed by atoms with Crippen LogP contribution in [-0.4, -0.2) is 66.6 Å². The lowest BCUT2D eigenvalue weighted by Gasteiger charge is -2.20. The minimum absolute atomic E-state index is 0.00327. The Morgan fingerprint density at radius 1 is 1.12 bits per heavy atom. The fourth-order valence-corrected chi connectivity index (χ4v) is 3.04. The van der Waals surface area contributed by atoms with Gasteiger partial charge >= 0.3 is 18.0 Å². The molecule has 0 aliphatic carbocycles. The van der Waals surface area contributed by atoms with Crippen molar-refractivity contribution in [1.29, 1.82) is 0 Å². The number of urea groups is 2. The summed E-state index contributed by atoms with van der Waals surface area (Å²) in [5.41, 5.74) is 0.133. The quantitative estimate of drug-likeness (QED) is 0.757. The zero-order valence-corrected chi connectivity index (χ0v) is 14.8. The summed E-state index contributed by atoms with van der Waals surface area (Å²) in [4.78, 5) is 48.6. The van der Waals surface area contributed by atoms with Crippen molar-refractivity contribution in [3.63, 3.8) is 0 Å². The first-order chi connectivity index (χ1) is 12.0. The number of sulfone groups is 1. The molecular formula is C15H17N3O7S. The predicted octanol–water partition coefficient (Wildman–Crippen LogP) is 0.210. The van der Waals surface area contributed by atoms with Crippen LogP contribution in [0.3, 0.4) is 0 Å². The second-order valence-corrected chi connectivity index (χ2v) is 7.68. The molecule has 5 amide bonds. The number of carboxylic acids is 1. The van der Waals surface area contributed by atoms with Crippen LogP contribution in [0, 0.1) is 0 Å². The van der Waals surface area contributed by atoms with Crippen LogP contribution in [0.2, 0.25) is 0 Å². The molecular weight excluding hydrogens is 366 g/mol. The summed E-state index contributed by atoms with van der Waals surface area (Å²) in [6, 6.07) is 1.71.